The SMILES string of the molecule is CC(C)(C)OC(=O)N1Cc2cccc(N3CCN(C(C)(C)C)CC3)c2C1. The van der Waals surface area contributed by atoms with Gasteiger partial charge in [0, 0.05) is 44.0 Å². The van der Waals surface area contributed by atoms with Crippen LogP contribution >= 0.6 is 0 Å². The highest BCUT2D eigenvalue weighted by atomic mass is 16.6. The number of carbonyl (C=O) groups is 1. The van der Waals surface area contributed by atoms with Gasteiger partial charge in [0.25, 0.3) is 0 Å². The maximum atomic E-state index is 12.5. The molecule has 1 fully saturated rings. The first-order valence-electron chi connectivity index (χ1n) is 9.63. The molecule has 2 aliphatic rings. The molecule has 26 heavy (non-hydrogen) atoms. The van der Waals surface area contributed by atoms with Crippen LogP contribution < -0.4 is 4.90 Å². The molecule has 0 bridgehead atoms. The first-order chi connectivity index (χ1) is 12.0. The molecule has 0 saturated carbocycles. The quantitative estimate of drug-likeness (QED) is 0.763. The Hall–Kier alpha value is -1.75. The molecule has 0 aromatic heterocycles. The van der Waals surface area contributed by atoms with Crippen molar-refractivity contribution in [1.82, 2.24) is 9.80 Å². The van der Waals surface area contributed by atoms with Crippen LogP contribution in [0.2, 0.25) is 0 Å². The number of fused-ring (bicyclic) bond motifs is 1. The lowest BCUT2D eigenvalue weighted by molar-refractivity contribution is 0.0242. The average Bonchev–Trinajstić information content (AvgIpc) is 2.97. The highest BCUT2D eigenvalue weighted by molar-refractivity contribution is 5.71. The summed E-state index contributed by atoms with van der Waals surface area (Å²) in [5.74, 6) is 0. The molecule has 2 aliphatic heterocycles. The van der Waals surface area contributed by atoms with Gasteiger partial charge in [0.15, 0.2) is 0 Å². The largest absolute Gasteiger partial charge is 0.444 e. The van der Waals surface area contributed by atoms with E-state index in [1.165, 1.54) is 16.8 Å². The first-order valence-corrected chi connectivity index (χ1v) is 9.63. The van der Waals surface area contributed by atoms with Gasteiger partial charge in [0.05, 0.1) is 6.54 Å². The number of ether oxygens (including phenoxy) is 1. The van der Waals surface area contributed by atoms with E-state index in [1.54, 1.807) is 0 Å². The van der Waals surface area contributed by atoms with E-state index in [9.17, 15) is 4.79 Å². The lowest BCUT2D eigenvalue weighted by Gasteiger charge is -2.43. The topological polar surface area (TPSA) is 36.0 Å². The number of carbonyl (C=O) groups excluding carboxylic acids is 1. The molecule has 1 aromatic rings. The molecule has 1 amide bonds. The number of anilines is 1. The maximum absolute atomic E-state index is 12.5. The van der Waals surface area contributed by atoms with Gasteiger partial charge in [-0.3, -0.25) is 9.80 Å². The molecule has 1 aromatic carbocycles. The Bertz CT molecular complexity index is 665. The second-order valence-electron chi connectivity index (χ2n) is 9.40. The van der Waals surface area contributed by atoms with Crippen molar-refractivity contribution < 1.29 is 9.53 Å². The van der Waals surface area contributed by atoms with Crippen LogP contribution in [-0.2, 0) is 17.8 Å². The van der Waals surface area contributed by atoms with Gasteiger partial charge in [-0.25, -0.2) is 4.79 Å². The molecule has 0 radical (unpaired) electrons. The fraction of sp³-hybridized carbons (Fsp3) is 0.667. The third-order valence-electron chi connectivity index (χ3n) is 5.18. The Morgan fingerprint density at radius 2 is 1.62 bits per heavy atom. The molecule has 1 saturated heterocycles. The summed E-state index contributed by atoms with van der Waals surface area (Å²) in [7, 11) is 0. The van der Waals surface area contributed by atoms with Crippen molar-refractivity contribution in [1.29, 1.82) is 0 Å². The lowest BCUT2D eigenvalue weighted by atomic mass is 10.0. The van der Waals surface area contributed by atoms with Crippen molar-refractivity contribution in [2.24, 2.45) is 0 Å². The summed E-state index contributed by atoms with van der Waals surface area (Å²) in [5, 5.41) is 0. The van der Waals surface area contributed by atoms with E-state index >= 15 is 0 Å². The van der Waals surface area contributed by atoms with Crippen LogP contribution in [0.1, 0.15) is 52.7 Å². The van der Waals surface area contributed by atoms with E-state index < -0.39 is 5.60 Å². The van der Waals surface area contributed by atoms with Crippen LogP contribution in [0.3, 0.4) is 0 Å². The minimum atomic E-state index is -0.460. The maximum Gasteiger partial charge on any atom is 0.410 e. The smallest absolute Gasteiger partial charge is 0.410 e. The fourth-order valence-corrected chi connectivity index (χ4v) is 3.77. The number of rotatable bonds is 1. The fourth-order valence-electron chi connectivity index (χ4n) is 3.77. The van der Waals surface area contributed by atoms with Gasteiger partial charge in [0.1, 0.15) is 5.60 Å². The van der Waals surface area contributed by atoms with Crippen LogP contribution in [0.5, 0.6) is 0 Å². The number of hydrogen-bond donors (Lipinski definition) is 0. The summed E-state index contributed by atoms with van der Waals surface area (Å²) in [6, 6.07) is 6.45. The second kappa shape index (κ2) is 6.76. The Morgan fingerprint density at radius 3 is 2.19 bits per heavy atom. The first kappa shape index (κ1) is 19.0. The minimum absolute atomic E-state index is 0.220. The van der Waals surface area contributed by atoms with E-state index in [0.717, 1.165) is 26.2 Å². The van der Waals surface area contributed by atoms with Gasteiger partial charge in [-0.05, 0) is 58.7 Å². The standard InChI is InChI=1S/C21H33N3O2/c1-20(2,3)24-12-10-22(11-13-24)18-9-7-8-16-14-23(15-17(16)18)19(25)26-21(4,5)6/h7-9H,10-15H2,1-6H3. The molecule has 0 aliphatic carbocycles. The number of hydrogen-bond acceptors (Lipinski definition) is 4. The van der Waals surface area contributed by atoms with Gasteiger partial charge >= 0.3 is 6.09 Å². The van der Waals surface area contributed by atoms with E-state index in [0.29, 0.717) is 13.1 Å². The lowest BCUT2D eigenvalue weighted by Crippen LogP contribution is -2.53. The Balaban J connectivity index is 1.71. The molecule has 3 rings (SSSR count). The van der Waals surface area contributed by atoms with Crippen LogP contribution in [0.25, 0.3) is 0 Å². The Morgan fingerprint density at radius 1 is 0.962 bits per heavy atom. The zero-order valence-electron chi connectivity index (χ0n) is 17.1. The highest BCUT2D eigenvalue weighted by Gasteiger charge is 2.32. The van der Waals surface area contributed by atoms with Gasteiger partial charge < -0.3 is 9.64 Å². The van der Waals surface area contributed by atoms with Crippen molar-refractivity contribution in [3.8, 4) is 0 Å². The summed E-state index contributed by atoms with van der Waals surface area (Å²) >= 11 is 0. The van der Waals surface area contributed by atoms with Gasteiger partial charge in [-0.1, -0.05) is 12.1 Å². The number of nitrogens with zero attached hydrogens (tertiary/aromatic N) is 3. The van der Waals surface area contributed by atoms with E-state index in [4.69, 9.17) is 4.74 Å². The molecular weight excluding hydrogens is 326 g/mol. The predicted molar refractivity (Wildman–Crippen MR) is 105 cm³/mol. The molecule has 0 N–H and O–H groups in total. The summed E-state index contributed by atoms with van der Waals surface area (Å²) < 4.78 is 5.56. The number of benzene rings is 1. The van der Waals surface area contributed by atoms with Crippen molar-refractivity contribution in [3.63, 3.8) is 0 Å². The van der Waals surface area contributed by atoms with Crippen LogP contribution in [0.4, 0.5) is 10.5 Å². The summed E-state index contributed by atoms with van der Waals surface area (Å²) in [6.45, 7) is 18.0. The summed E-state index contributed by atoms with van der Waals surface area (Å²) in [6.07, 6.45) is -0.225. The number of amides is 1. The average molecular weight is 360 g/mol. The number of piperazine rings is 1. The Kier molecular flexibility index (Phi) is 4.95. The molecular formula is C21H33N3O2. The monoisotopic (exact) mass is 359 g/mol. The van der Waals surface area contributed by atoms with Crippen molar-refractivity contribution in [2.45, 2.75) is 65.8 Å². The van der Waals surface area contributed by atoms with Gasteiger partial charge in [-0.15, -0.1) is 0 Å². The molecule has 0 spiro atoms. The normalized spacial score (nSPS) is 18.8. The van der Waals surface area contributed by atoms with Crippen LogP contribution in [0, 0.1) is 0 Å². The molecule has 2 heterocycles. The zero-order chi connectivity index (χ0) is 19.1. The van der Waals surface area contributed by atoms with Crippen molar-refractivity contribution in [2.75, 3.05) is 31.1 Å². The van der Waals surface area contributed by atoms with Crippen molar-refractivity contribution in [3.05, 3.63) is 29.3 Å². The third kappa shape index (κ3) is 4.14. The highest BCUT2D eigenvalue weighted by Crippen LogP contribution is 2.33. The molecule has 5 heteroatoms. The summed E-state index contributed by atoms with van der Waals surface area (Å²) in [4.78, 5) is 19.3. The predicted octanol–water partition coefficient (Wildman–Crippen LogP) is 3.86. The molecule has 5 nitrogen and oxygen atoms in total. The minimum Gasteiger partial charge on any atom is -0.444 e. The molecule has 144 valence electrons. The van der Waals surface area contributed by atoms with Gasteiger partial charge in [0.2, 0.25) is 0 Å². The van der Waals surface area contributed by atoms with Crippen LogP contribution in [0.15, 0.2) is 18.2 Å². The van der Waals surface area contributed by atoms with E-state index in [-0.39, 0.29) is 11.6 Å². The molecule has 0 atom stereocenters. The second-order valence-corrected chi connectivity index (χ2v) is 9.40. The van der Waals surface area contributed by atoms with Crippen molar-refractivity contribution >= 4 is 11.8 Å². The van der Waals surface area contributed by atoms with Crippen LogP contribution in [-0.4, -0.2) is 53.2 Å². The van der Waals surface area contributed by atoms with E-state index in [2.05, 4.69) is 48.8 Å². The summed E-state index contributed by atoms with van der Waals surface area (Å²) in [5.41, 5.74) is 3.56. The van der Waals surface area contributed by atoms with E-state index in [1.807, 2.05) is 25.7 Å². The zero-order valence-corrected chi connectivity index (χ0v) is 17.1. The molecule has 0 unspecified atom stereocenters. The third-order valence-corrected chi connectivity index (χ3v) is 5.18. The Labute approximate surface area is 157 Å². The van der Waals surface area contributed by atoms with Gasteiger partial charge in [-0.2, -0.15) is 0 Å².